The molecule has 0 saturated heterocycles. The van der Waals surface area contributed by atoms with Gasteiger partial charge in [-0.05, 0) is 42.0 Å². The minimum atomic E-state index is -1.28. The Balaban J connectivity index is 1.92. The second-order valence-corrected chi connectivity index (χ2v) is 7.45. The summed E-state index contributed by atoms with van der Waals surface area (Å²) in [5, 5.41) is 12.7. The van der Waals surface area contributed by atoms with Crippen LogP contribution in [0, 0.1) is 0 Å². The van der Waals surface area contributed by atoms with E-state index in [9.17, 15) is 24.3 Å². The zero-order chi connectivity index (χ0) is 24.1. The Labute approximate surface area is 194 Å². The molecule has 0 fully saturated rings. The average molecular weight is 453 g/mol. The molecule has 0 heterocycles. The van der Waals surface area contributed by atoms with Crippen molar-refractivity contribution in [3.8, 4) is 5.75 Å². The first-order valence-electron chi connectivity index (χ1n) is 10.4. The van der Waals surface area contributed by atoms with E-state index in [-0.39, 0.29) is 51.9 Å². The van der Waals surface area contributed by atoms with Crippen LogP contribution in [0.1, 0.15) is 36.6 Å². The predicted octanol–water partition coefficient (Wildman–Crippen LogP) is 4.75. The Hall–Kier alpha value is -4.78. The van der Waals surface area contributed by atoms with Crippen LogP contribution in [0.25, 0.3) is 10.8 Å². The summed E-state index contributed by atoms with van der Waals surface area (Å²) in [6, 6.07) is 23.1. The first kappa shape index (κ1) is 22.4. The van der Waals surface area contributed by atoms with Gasteiger partial charge in [-0.15, -0.1) is 0 Å². The lowest BCUT2D eigenvalue weighted by Gasteiger charge is -2.16. The van der Waals surface area contributed by atoms with E-state index < -0.39 is 11.9 Å². The number of Topliss-reactive ketones (excluding diaryl/α,β-unsaturated/α-hetero) is 1. The Kier molecular flexibility index (Phi) is 6.45. The second-order valence-electron chi connectivity index (χ2n) is 7.45. The number of fused-ring (bicyclic) bond motifs is 1. The second kappa shape index (κ2) is 9.79. The third-order valence-corrected chi connectivity index (χ3v) is 5.31. The molecule has 4 rings (SSSR count). The molecule has 0 aromatic heterocycles. The number of hydrogen-bond donors (Lipinski definition) is 2. The van der Waals surface area contributed by atoms with Crippen LogP contribution in [0.2, 0.25) is 0 Å². The van der Waals surface area contributed by atoms with E-state index in [1.165, 1.54) is 24.3 Å². The lowest BCUT2D eigenvalue weighted by atomic mass is 9.90. The summed E-state index contributed by atoms with van der Waals surface area (Å²) >= 11 is 0. The Morgan fingerprint density at radius 2 is 1.38 bits per heavy atom. The molecule has 0 spiro atoms. The zero-order valence-electron chi connectivity index (χ0n) is 17.9. The van der Waals surface area contributed by atoms with E-state index in [0.717, 1.165) is 5.56 Å². The molecule has 34 heavy (non-hydrogen) atoms. The number of ether oxygens (including phenoxy) is 1. The van der Waals surface area contributed by atoms with Crippen LogP contribution < -0.4 is 10.1 Å². The maximum absolute atomic E-state index is 13.2. The summed E-state index contributed by atoms with van der Waals surface area (Å²) in [5.41, 5.74) is 1.28. The van der Waals surface area contributed by atoms with E-state index in [1.807, 2.05) is 6.07 Å². The molecule has 0 unspecified atom stereocenters. The summed E-state index contributed by atoms with van der Waals surface area (Å²) in [6.45, 7) is 0.187. The first-order valence-corrected chi connectivity index (χ1v) is 10.4. The van der Waals surface area contributed by atoms with Gasteiger partial charge < -0.3 is 15.2 Å². The van der Waals surface area contributed by atoms with Crippen LogP contribution in [0.3, 0.4) is 0 Å². The van der Waals surface area contributed by atoms with Gasteiger partial charge >= 0.3 is 5.97 Å². The van der Waals surface area contributed by atoms with Gasteiger partial charge in [-0.1, -0.05) is 48.5 Å². The molecule has 0 bridgehead atoms. The average Bonchev–Trinajstić information content (AvgIpc) is 2.84. The Bertz CT molecular complexity index is 1400. The smallest absolute Gasteiger partial charge is 0.336 e. The number of aromatic carboxylic acids is 1. The van der Waals surface area contributed by atoms with Gasteiger partial charge in [0.2, 0.25) is 0 Å². The van der Waals surface area contributed by atoms with Crippen LogP contribution >= 0.6 is 0 Å². The Morgan fingerprint density at radius 3 is 2.03 bits per heavy atom. The van der Waals surface area contributed by atoms with E-state index >= 15 is 0 Å². The van der Waals surface area contributed by atoms with Gasteiger partial charge in [0.15, 0.2) is 5.78 Å². The number of benzene rings is 4. The van der Waals surface area contributed by atoms with Crippen molar-refractivity contribution in [3.63, 3.8) is 0 Å². The van der Waals surface area contributed by atoms with E-state index in [2.05, 4.69) is 5.32 Å². The van der Waals surface area contributed by atoms with Crippen molar-refractivity contribution in [1.29, 1.82) is 0 Å². The molecule has 4 aromatic carbocycles. The number of rotatable bonds is 8. The van der Waals surface area contributed by atoms with Gasteiger partial charge in [-0.2, -0.15) is 0 Å². The molecule has 7 nitrogen and oxygen atoms in total. The highest BCUT2D eigenvalue weighted by molar-refractivity contribution is 6.23. The van der Waals surface area contributed by atoms with Crippen molar-refractivity contribution in [3.05, 3.63) is 107 Å². The van der Waals surface area contributed by atoms with Crippen LogP contribution in [-0.4, -0.2) is 29.2 Å². The number of carboxylic acids is 1. The lowest BCUT2D eigenvalue weighted by Crippen LogP contribution is -2.15. The summed E-state index contributed by atoms with van der Waals surface area (Å²) in [4.78, 5) is 49.6. The summed E-state index contributed by atoms with van der Waals surface area (Å²) in [5.74, 6) is -2.19. The zero-order valence-corrected chi connectivity index (χ0v) is 17.9. The van der Waals surface area contributed by atoms with Crippen molar-refractivity contribution in [2.24, 2.45) is 0 Å². The van der Waals surface area contributed by atoms with Crippen molar-refractivity contribution >= 4 is 40.6 Å². The van der Waals surface area contributed by atoms with Crippen molar-refractivity contribution in [1.82, 2.24) is 0 Å². The minimum absolute atomic E-state index is 0.0254. The fourth-order valence-electron chi connectivity index (χ4n) is 3.81. The largest absolute Gasteiger partial charge is 0.478 e. The first-order chi connectivity index (χ1) is 16.5. The molecule has 2 N–H and O–H groups in total. The molecule has 7 heteroatoms. The standard InChI is InChI=1S/C27H19NO6/c29-16-34-23-14-13-19(22(30)15-17-7-3-1-4-8-17)24-21(27(32)33)12-11-20(25(23)24)26(31)28-18-9-5-2-6-10-18/h1-14,16H,15H2,(H,28,31)(H,32,33). The third kappa shape index (κ3) is 4.54. The van der Waals surface area contributed by atoms with E-state index in [0.29, 0.717) is 5.69 Å². The van der Waals surface area contributed by atoms with Crippen molar-refractivity contribution in [2.75, 3.05) is 5.32 Å². The van der Waals surface area contributed by atoms with Gasteiger partial charge in [0.1, 0.15) is 5.75 Å². The maximum Gasteiger partial charge on any atom is 0.336 e. The van der Waals surface area contributed by atoms with Crippen molar-refractivity contribution < 1.29 is 29.0 Å². The van der Waals surface area contributed by atoms with E-state index in [4.69, 9.17) is 4.74 Å². The van der Waals surface area contributed by atoms with Crippen LogP contribution in [-0.2, 0) is 11.2 Å². The van der Waals surface area contributed by atoms with Crippen LogP contribution in [0.5, 0.6) is 5.75 Å². The topological polar surface area (TPSA) is 110 Å². The highest BCUT2D eigenvalue weighted by Gasteiger charge is 2.24. The molecule has 0 radical (unpaired) electrons. The molecule has 0 aliphatic heterocycles. The molecule has 0 saturated carbocycles. The number of para-hydroxylation sites is 1. The van der Waals surface area contributed by atoms with Crippen LogP contribution in [0.4, 0.5) is 5.69 Å². The number of carboxylic acid groups (broad SMARTS) is 1. The van der Waals surface area contributed by atoms with Gasteiger partial charge in [0.05, 0.1) is 11.1 Å². The SMILES string of the molecule is O=COc1ccc(C(=O)Cc2ccccc2)c2c(C(=O)O)ccc(C(=O)Nc3ccccc3)c12. The molecule has 0 atom stereocenters. The van der Waals surface area contributed by atoms with E-state index in [1.54, 1.807) is 54.6 Å². The van der Waals surface area contributed by atoms with Crippen LogP contribution in [0.15, 0.2) is 84.9 Å². The monoisotopic (exact) mass is 453 g/mol. The van der Waals surface area contributed by atoms with Gasteiger partial charge in [0.25, 0.3) is 12.4 Å². The van der Waals surface area contributed by atoms with Gasteiger partial charge in [0, 0.05) is 28.4 Å². The fourth-order valence-corrected chi connectivity index (χ4v) is 3.81. The molecular weight excluding hydrogens is 434 g/mol. The quantitative estimate of drug-likeness (QED) is 0.294. The number of carbonyl (C=O) groups is 4. The van der Waals surface area contributed by atoms with Gasteiger partial charge in [-0.25, -0.2) is 4.79 Å². The number of nitrogens with one attached hydrogen (secondary N) is 1. The maximum atomic E-state index is 13.2. The minimum Gasteiger partial charge on any atom is -0.478 e. The lowest BCUT2D eigenvalue weighted by molar-refractivity contribution is -0.120. The highest BCUT2D eigenvalue weighted by atomic mass is 16.5. The number of carbonyl (C=O) groups excluding carboxylic acids is 3. The molecule has 0 aliphatic carbocycles. The Morgan fingerprint density at radius 1 is 0.765 bits per heavy atom. The summed E-state index contributed by atoms with van der Waals surface area (Å²) in [6.07, 6.45) is 0.0311. The summed E-state index contributed by atoms with van der Waals surface area (Å²) < 4.78 is 5.08. The molecule has 168 valence electrons. The predicted molar refractivity (Wildman–Crippen MR) is 126 cm³/mol. The third-order valence-electron chi connectivity index (χ3n) is 5.31. The fraction of sp³-hybridized carbons (Fsp3) is 0.0370. The van der Waals surface area contributed by atoms with Gasteiger partial charge in [-0.3, -0.25) is 14.4 Å². The normalized spacial score (nSPS) is 10.5. The molecular formula is C27H19NO6. The molecule has 0 aliphatic rings. The molecule has 1 amide bonds. The highest BCUT2D eigenvalue weighted by Crippen LogP contribution is 2.35. The van der Waals surface area contributed by atoms with Crippen molar-refractivity contribution in [2.45, 2.75) is 6.42 Å². The molecule has 4 aromatic rings. The summed E-state index contributed by atoms with van der Waals surface area (Å²) in [7, 11) is 0. The number of anilines is 1. The number of hydrogen-bond acceptors (Lipinski definition) is 5. The number of amides is 1. The number of ketones is 1.